The van der Waals surface area contributed by atoms with Crippen LogP contribution in [0.15, 0.2) is 53.5 Å². The van der Waals surface area contributed by atoms with Gasteiger partial charge in [-0.15, -0.1) is 24.0 Å². The minimum atomic E-state index is 0. The molecule has 1 fully saturated rings. The van der Waals surface area contributed by atoms with Crippen LogP contribution in [0.5, 0.6) is 5.75 Å². The molecular weight excluding hydrogens is 479 g/mol. The minimum absolute atomic E-state index is 0. The van der Waals surface area contributed by atoms with Crippen LogP contribution in [0.1, 0.15) is 37.8 Å². The van der Waals surface area contributed by atoms with E-state index < -0.39 is 0 Å². The standard InChI is InChI=1S/C22H28N4O2.HI/c1-16(2)28-20-10-8-19(9-11-20)25-22(23)24-14-17-5-3-6-18(13-17)15-26-12-4-7-21(26)27;/h3,5-6,8-11,13,16H,4,7,12,14-15H2,1-2H3,(H3,23,24,25);1H. The van der Waals surface area contributed by atoms with Crippen molar-refractivity contribution >= 4 is 41.5 Å². The summed E-state index contributed by atoms with van der Waals surface area (Å²) in [5.74, 6) is 1.42. The predicted octanol–water partition coefficient (Wildman–Crippen LogP) is 4.14. The van der Waals surface area contributed by atoms with E-state index >= 15 is 0 Å². The Hall–Kier alpha value is -2.29. The number of guanidine groups is 1. The molecule has 0 radical (unpaired) electrons. The van der Waals surface area contributed by atoms with E-state index in [4.69, 9.17) is 10.5 Å². The second-order valence-corrected chi connectivity index (χ2v) is 7.26. The van der Waals surface area contributed by atoms with E-state index in [1.165, 1.54) is 0 Å². The molecule has 3 rings (SSSR count). The summed E-state index contributed by atoms with van der Waals surface area (Å²) in [5.41, 5.74) is 9.06. The Kier molecular flexibility index (Phi) is 8.75. The van der Waals surface area contributed by atoms with Crippen LogP contribution in [0.2, 0.25) is 0 Å². The van der Waals surface area contributed by atoms with Gasteiger partial charge in [-0.25, -0.2) is 4.99 Å². The minimum Gasteiger partial charge on any atom is -0.491 e. The predicted molar refractivity (Wildman–Crippen MR) is 128 cm³/mol. The lowest BCUT2D eigenvalue weighted by atomic mass is 10.1. The fourth-order valence-corrected chi connectivity index (χ4v) is 3.17. The maximum Gasteiger partial charge on any atom is 0.222 e. The molecule has 0 aromatic heterocycles. The molecule has 2 aromatic carbocycles. The van der Waals surface area contributed by atoms with Crippen LogP contribution >= 0.6 is 24.0 Å². The summed E-state index contributed by atoms with van der Waals surface area (Å²) in [6.07, 6.45) is 1.76. The highest BCUT2D eigenvalue weighted by Gasteiger charge is 2.19. The van der Waals surface area contributed by atoms with Gasteiger partial charge in [-0.3, -0.25) is 4.79 Å². The highest BCUT2D eigenvalue weighted by atomic mass is 127. The van der Waals surface area contributed by atoms with E-state index in [1.54, 1.807) is 0 Å². The first-order valence-electron chi connectivity index (χ1n) is 9.69. The molecular formula is C22H29IN4O2. The van der Waals surface area contributed by atoms with Crippen molar-refractivity contribution in [3.05, 3.63) is 59.7 Å². The first-order chi connectivity index (χ1) is 13.5. The molecule has 7 heteroatoms. The second kappa shape index (κ2) is 11.0. The molecule has 1 aliphatic rings. The lowest BCUT2D eigenvalue weighted by Crippen LogP contribution is -2.24. The summed E-state index contributed by atoms with van der Waals surface area (Å²) in [4.78, 5) is 18.1. The number of rotatable bonds is 7. The average Bonchev–Trinajstić information content (AvgIpc) is 3.06. The number of ether oxygens (including phenoxy) is 1. The number of hydrogen-bond acceptors (Lipinski definition) is 3. The Morgan fingerprint density at radius 2 is 1.93 bits per heavy atom. The van der Waals surface area contributed by atoms with Crippen molar-refractivity contribution in [3.63, 3.8) is 0 Å². The highest BCUT2D eigenvalue weighted by molar-refractivity contribution is 14.0. The van der Waals surface area contributed by atoms with Crippen LogP contribution in [0.3, 0.4) is 0 Å². The van der Waals surface area contributed by atoms with Crippen LogP contribution in [0, 0.1) is 0 Å². The van der Waals surface area contributed by atoms with Gasteiger partial charge in [0.15, 0.2) is 5.96 Å². The first kappa shape index (κ1) is 23.0. The number of aliphatic imine (C=N–C) groups is 1. The molecule has 2 aromatic rings. The van der Waals surface area contributed by atoms with Gasteiger partial charge in [-0.1, -0.05) is 24.3 Å². The van der Waals surface area contributed by atoms with Gasteiger partial charge in [0.1, 0.15) is 5.75 Å². The van der Waals surface area contributed by atoms with Crippen molar-refractivity contribution < 1.29 is 9.53 Å². The smallest absolute Gasteiger partial charge is 0.222 e. The molecule has 0 unspecified atom stereocenters. The summed E-state index contributed by atoms with van der Waals surface area (Å²) < 4.78 is 5.63. The second-order valence-electron chi connectivity index (χ2n) is 7.26. The number of carbonyl (C=O) groups excluding carboxylic acids is 1. The number of halogens is 1. The van der Waals surface area contributed by atoms with Gasteiger partial charge in [0.2, 0.25) is 5.91 Å². The SMILES string of the molecule is CC(C)Oc1ccc(NC(N)=NCc2cccc(CN3CCCC3=O)c2)cc1.I. The maximum absolute atomic E-state index is 11.8. The highest BCUT2D eigenvalue weighted by Crippen LogP contribution is 2.17. The van der Waals surface area contributed by atoms with E-state index in [-0.39, 0.29) is 36.0 Å². The van der Waals surface area contributed by atoms with E-state index in [1.807, 2.05) is 61.2 Å². The molecule has 0 bridgehead atoms. The van der Waals surface area contributed by atoms with Gasteiger partial charge in [-0.2, -0.15) is 0 Å². The number of carbonyl (C=O) groups is 1. The fourth-order valence-electron chi connectivity index (χ4n) is 3.17. The lowest BCUT2D eigenvalue weighted by molar-refractivity contribution is -0.128. The Bertz CT molecular complexity index is 837. The third-order valence-electron chi connectivity index (χ3n) is 4.47. The number of amides is 1. The molecule has 0 atom stereocenters. The van der Waals surface area contributed by atoms with E-state index in [0.717, 1.165) is 35.5 Å². The van der Waals surface area contributed by atoms with Gasteiger partial charge in [0, 0.05) is 25.2 Å². The Labute approximate surface area is 189 Å². The molecule has 6 nitrogen and oxygen atoms in total. The molecule has 1 aliphatic heterocycles. The van der Waals surface area contributed by atoms with Crippen LogP contribution in [-0.2, 0) is 17.9 Å². The molecule has 1 saturated heterocycles. The monoisotopic (exact) mass is 508 g/mol. The van der Waals surface area contributed by atoms with Crippen molar-refractivity contribution in [2.75, 3.05) is 11.9 Å². The van der Waals surface area contributed by atoms with Gasteiger partial charge >= 0.3 is 0 Å². The molecule has 29 heavy (non-hydrogen) atoms. The van der Waals surface area contributed by atoms with Crippen molar-refractivity contribution in [2.24, 2.45) is 10.7 Å². The topological polar surface area (TPSA) is 80.0 Å². The summed E-state index contributed by atoms with van der Waals surface area (Å²) in [6, 6.07) is 15.8. The Morgan fingerprint density at radius 3 is 2.59 bits per heavy atom. The summed E-state index contributed by atoms with van der Waals surface area (Å²) >= 11 is 0. The molecule has 3 N–H and O–H groups in total. The summed E-state index contributed by atoms with van der Waals surface area (Å²) in [7, 11) is 0. The Balaban J connectivity index is 0.00000300. The number of likely N-dealkylation sites (tertiary alicyclic amines) is 1. The number of nitrogens with one attached hydrogen (secondary N) is 1. The number of nitrogens with two attached hydrogens (primary N) is 1. The first-order valence-corrected chi connectivity index (χ1v) is 9.69. The molecule has 1 amide bonds. The number of nitrogens with zero attached hydrogens (tertiary/aromatic N) is 2. The lowest BCUT2D eigenvalue weighted by Gasteiger charge is -2.15. The third kappa shape index (κ3) is 7.23. The van der Waals surface area contributed by atoms with E-state index in [2.05, 4.69) is 16.4 Å². The maximum atomic E-state index is 11.8. The zero-order valence-corrected chi connectivity index (χ0v) is 19.3. The quantitative estimate of drug-likeness (QED) is 0.335. The summed E-state index contributed by atoms with van der Waals surface area (Å²) in [6.45, 7) is 5.98. The van der Waals surface area contributed by atoms with E-state index in [9.17, 15) is 4.79 Å². The van der Waals surface area contributed by atoms with Crippen molar-refractivity contribution in [1.82, 2.24) is 4.90 Å². The number of hydrogen-bond donors (Lipinski definition) is 2. The number of anilines is 1. The molecule has 0 aliphatic carbocycles. The van der Waals surface area contributed by atoms with Crippen molar-refractivity contribution in [3.8, 4) is 5.75 Å². The Morgan fingerprint density at radius 1 is 1.21 bits per heavy atom. The van der Waals surface area contributed by atoms with Crippen LogP contribution in [0.25, 0.3) is 0 Å². The zero-order valence-electron chi connectivity index (χ0n) is 16.9. The van der Waals surface area contributed by atoms with Gasteiger partial charge in [0.05, 0.1) is 12.6 Å². The fraction of sp³-hybridized carbons (Fsp3) is 0.364. The summed E-state index contributed by atoms with van der Waals surface area (Å²) in [5, 5.41) is 3.09. The van der Waals surface area contributed by atoms with Crippen LogP contribution in [0.4, 0.5) is 5.69 Å². The largest absolute Gasteiger partial charge is 0.491 e. The van der Waals surface area contributed by atoms with Crippen molar-refractivity contribution in [1.29, 1.82) is 0 Å². The molecule has 156 valence electrons. The van der Waals surface area contributed by atoms with Gasteiger partial charge in [-0.05, 0) is 55.7 Å². The van der Waals surface area contributed by atoms with Gasteiger partial charge < -0.3 is 20.7 Å². The normalized spacial score (nSPS) is 14.1. The van der Waals surface area contributed by atoms with Crippen LogP contribution in [-0.4, -0.2) is 29.4 Å². The average molecular weight is 508 g/mol. The van der Waals surface area contributed by atoms with Crippen LogP contribution < -0.4 is 15.8 Å². The van der Waals surface area contributed by atoms with E-state index in [0.29, 0.717) is 25.5 Å². The third-order valence-corrected chi connectivity index (χ3v) is 4.47. The van der Waals surface area contributed by atoms with Gasteiger partial charge in [0.25, 0.3) is 0 Å². The molecule has 0 saturated carbocycles. The molecule has 0 spiro atoms. The molecule has 1 heterocycles. The van der Waals surface area contributed by atoms with Crippen molar-refractivity contribution in [2.45, 2.75) is 45.9 Å². The number of benzene rings is 2. The zero-order chi connectivity index (χ0) is 19.9.